The van der Waals surface area contributed by atoms with Crippen LogP contribution in [0, 0.1) is 17.9 Å². The molecule has 0 saturated carbocycles. The Morgan fingerprint density at radius 3 is 2.44 bits per heavy atom. The molecule has 1 radical (unpaired) electrons. The van der Waals surface area contributed by atoms with Gasteiger partial charge in [-0.3, -0.25) is 0 Å². The highest BCUT2D eigenvalue weighted by atomic mass is 14.1. The van der Waals surface area contributed by atoms with Gasteiger partial charge in [-0.2, -0.15) is 0 Å². The summed E-state index contributed by atoms with van der Waals surface area (Å²) >= 11 is 0. The van der Waals surface area contributed by atoms with Crippen molar-refractivity contribution < 1.29 is 0 Å². The van der Waals surface area contributed by atoms with Gasteiger partial charge in [-0.05, 0) is 30.2 Å². The molecule has 18 heavy (non-hydrogen) atoms. The van der Waals surface area contributed by atoms with Crippen molar-refractivity contribution >= 4 is 0 Å². The lowest BCUT2D eigenvalue weighted by molar-refractivity contribution is 0.734. The Labute approximate surface area is 110 Å². The molecule has 2 aromatic rings. The lowest BCUT2D eigenvalue weighted by Gasteiger charge is -2.09. The third kappa shape index (κ3) is 3.50. The minimum absolute atomic E-state index is 0.334. The second kappa shape index (κ2) is 6.67. The summed E-state index contributed by atoms with van der Waals surface area (Å²) in [5, 5.41) is 0. The van der Waals surface area contributed by atoms with Crippen LogP contribution in [-0.4, -0.2) is 0 Å². The van der Waals surface area contributed by atoms with Crippen LogP contribution in [0.2, 0.25) is 0 Å². The maximum atomic E-state index is 3.39. The van der Waals surface area contributed by atoms with Gasteiger partial charge in [0.2, 0.25) is 0 Å². The smallest absolute Gasteiger partial charge is 0.0455 e. The summed E-state index contributed by atoms with van der Waals surface area (Å²) in [5.74, 6) is 6.98. The van der Waals surface area contributed by atoms with Crippen LogP contribution in [0.15, 0.2) is 54.6 Å². The second-order valence-corrected chi connectivity index (χ2v) is 4.31. The maximum absolute atomic E-state index is 3.39. The van der Waals surface area contributed by atoms with Gasteiger partial charge in [0, 0.05) is 11.5 Å². The lowest BCUT2D eigenvalue weighted by Crippen LogP contribution is -1.95. The molecular formula is C18H17. The van der Waals surface area contributed by atoms with Gasteiger partial charge in [0.15, 0.2) is 0 Å². The third-order valence-corrected chi connectivity index (χ3v) is 2.89. The van der Waals surface area contributed by atoms with Crippen LogP contribution in [0.3, 0.4) is 0 Å². The van der Waals surface area contributed by atoms with Gasteiger partial charge in [-0.1, -0.05) is 67.6 Å². The number of hydrogen-bond donors (Lipinski definition) is 0. The first-order chi connectivity index (χ1) is 8.90. The Hall–Kier alpha value is -2.00. The molecule has 0 spiro atoms. The Morgan fingerprint density at radius 2 is 1.78 bits per heavy atom. The van der Waals surface area contributed by atoms with Gasteiger partial charge in [0.05, 0.1) is 0 Å². The van der Waals surface area contributed by atoms with Crippen LogP contribution in [0.4, 0.5) is 0 Å². The van der Waals surface area contributed by atoms with Crippen molar-refractivity contribution in [3.05, 3.63) is 71.8 Å². The molecule has 89 valence electrons. The molecule has 0 heteroatoms. The van der Waals surface area contributed by atoms with Gasteiger partial charge in [0.25, 0.3) is 0 Å². The molecule has 2 rings (SSSR count). The summed E-state index contributed by atoms with van der Waals surface area (Å²) in [5.41, 5.74) is 2.38. The lowest BCUT2D eigenvalue weighted by atomic mass is 9.95. The first-order valence-electron chi connectivity index (χ1n) is 6.42. The Bertz CT molecular complexity index is 514. The summed E-state index contributed by atoms with van der Waals surface area (Å²) in [4.78, 5) is 0. The average molecular weight is 233 g/mol. The molecule has 2 aromatic carbocycles. The number of rotatable bonds is 3. The van der Waals surface area contributed by atoms with Crippen molar-refractivity contribution in [1.82, 2.24) is 0 Å². The summed E-state index contributed by atoms with van der Waals surface area (Å²) in [7, 11) is 0. The second-order valence-electron chi connectivity index (χ2n) is 4.31. The van der Waals surface area contributed by atoms with Gasteiger partial charge in [0.1, 0.15) is 0 Å². The molecule has 0 bridgehead atoms. The fourth-order valence-corrected chi connectivity index (χ4v) is 1.94. The van der Waals surface area contributed by atoms with Crippen molar-refractivity contribution in [3.63, 3.8) is 0 Å². The predicted octanol–water partition coefficient (Wildman–Crippen LogP) is 4.42. The van der Waals surface area contributed by atoms with E-state index in [-0.39, 0.29) is 0 Å². The van der Waals surface area contributed by atoms with Gasteiger partial charge in [-0.25, -0.2) is 0 Å². The molecule has 0 N–H and O–H groups in total. The Balaban J connectivity index is 2.20. The van der Waals surface area contributed by atoms with Crippen LogP contribution in [0.5, 0.6) is 0 Å². The zero-order chi connectivity index (χ0) is 12.6. The monoisotopic (exact) mass is 233 g/mol. The van der Waals surface area contributed by atoms with E-state index in [4.69, 9.17) is 0 Å². The molecule has 0 saturated heterocycles. The number of hydrogen-bond acceptors (Lipinski definition) is 0. The summed E-state index contributed by atoms with van der Waals surface area (Å²) < 4.78 is 0. The fourth-order valence-electron chi connectivity index (χ4n) is 1.94. The largest absolute Gasteiger partial charge is 0.0897 e. The van der Waals surface area contributed by atoms with Crippen molar-refractivity contribution in [3.8, 4) is 11.8 Å². The molecule has 0 aromatic heterocycles. The molecule has 0 aliphatic rings. The van der Waals surface area contributed by atoms with E-state index in [1.165, 1.54) is 5.56 Å². The topological polar surface area (TPSA) is 0 Å². The van der Waals surface area contributed by atoms with E-state index in [0.717, 1.165) is 18.4 Å². The molecule has 1 atom stereocenters. The van der Waals surface area contributed by atoms with Gasteiger partial charge >= 0.3 is 0 Å². The molecule has 0 nitrogen and oxygen atoms in total. The standard InChI is InChI=1S/C18H17/c1-2-9-17(18-12-7-4-8-13-18)15-14-16-10-5-3-6-11-16/h4-8,10-13,17H,2,9H2,1H3. The van der Waals surface area contributed by atoms with E-state index in [1.807, 2.05) is 30.3 Å². The third-order valence-electron chi connectivity index (χ3n) is 2.89. The molecule has 0 aliphatic heterocycles. The van der Waals surface area contributed by atoms with E-state index in [1.54, 1.807) is 0 Å². The van der Waals surface area contributed by atoms with Gasteiger partial charge < -0.3 is 0 Å². The minimum atomic E-state index is 0.334. The normalized spacial score (nSPS) is 11.4. The summed E-state index contributed by atoms with van der Waals surface area (Å²) in [6.07, 6.45) is 2.26. The average Bonchev–Trinajstić information content (AvgIpc) is 2.45. The van der Waals surface area contributed by atoms with Crippen molar-refractivity contribution in [2.45, 2.75) is 25.7 Å². The van der Waals surface area contributed by atoms with Crippen LogP contribution in [-0.2, 0) is 0 Å². The highest BCUT2D eigenvalue weighted by molar-refractivity contribution is 5.37. The molecule has 0 aliphatic carbocycles. The van der Waals surface area contributed by atoms with Crippen LogP contribution in [0.25, 0.3) is 0 Å². The molecular weight excluding hydrogens is 216 g/mol. The summed E-state index contributed by atoms with van der Waals surface area (Å²) in [6, 6.07) is 21.4. The van der Waals surface area contributed by atoms with Crippen LogP contribution in [0.1, 0.15) is 36.8 Å². The highest BCUT2D eigenvalue weighted by Gasteiger charge is 2.05. The van der Waals surface area contributed by atoms with Crippen molar-refractivity contribution in [1.29, 1.82) is 0 Å². The van der Waals surface area contributed by atoms with Crippen LogP contribution >= 0.6 is 0 Å². The molecule has 1 unspecified atom stereocenters. The Kier molecular flexibility index (Phi) is 4.61. The zero-order valence-electron chi connectivity index (χ0n) is 10.7. The molecule has 0 amide bonds. The van der Waals surface area contributed by atoms with E-state index >= 15 is 0 Å². The maximum Gasteiger partial charge on any atom is 0.0455 e. The minimum Gasteiger partial charge on any atom is -0.0897 e. The SMILES string of the molecule is CCCC(C#Cc1cc[c]cc1)c1ccccc1. The van der Waals surface area contributed by atoms with Crippen LogP contribution < -0.4 is 0 Å². The first kappa shape index (κ1) is 12.5. The van der Waals surface area contributed by atoms with Gasteiger partial charge in [-0.15, -0.1) is 0 Å². The van der Waals surface area contributed by atoms with E-state index < -0.39 is 0 Å². The Morgan fingerprint density at radius 1 is 1.06 bits per heavy atom. The molecule has 0 heterocycles. The predicted molar refractivity (Wildman–Crippen MR) is 76.2 cm³/mol. The van der Waals surface area contributed by atoms with E-state index in [0.29, 0.717) is 5.92 Å². The van der Waals surface area contributed by atoms with Crippen molar-refractivity contribution in [2.75, 3.05) is 0 Å². The fraction of sp³-hybridized carbons (Fsp3) is 0.222. The van der Waals surface area contributed by atoms with E-state index in [2.05, 4.69) is 49.1 Å². The first-order valence-corrected chi connectivity index (χ1v) is 6.42. The van der Waals surface area contributed by atoms with Crippen molar-refractivity contribution in [2.24, 2.45) is 0 Å². The zero-order valence-corrected chi connectivity index (χ0v) is 10.7. The molecule has 0 fully saturated rings. The number of benzene rings is 2. The van der Waals surface area contributed by atoms with E-state index in [9.17, 15) is 0 Å². The quantitative estimate of drug-likeness (QED) is 0.688. The summed E-state index contributed by atoms with van der Waals surface area (Å²) in [6.45, 7) is 2.20. The highest BCUT2D eigenvalue weighted by Crippen LogP contribution is 2.20.